The molecule has 0 aromatic heterocycles. The fourth-order valence-electron chi connectivity index (χ4n) is 2.41. The van der Waals surface area contributed by atoms with Crippen LogP contribution in [0.4, 0.5) is 5.69 Å². The molecule has 4 nitrogen and oxygen atoms in total. The maximum atomic E-state index is 12.2. The number of para-hydroxylation sites is 1. The van der Waals surface area contributed by atoms with E-state index in [1.807, 2.05) is 25.1 Å². The zero-order valence-electron chi connectivity index (χ0n) is 10.2. The summed E-state index contributed by atoms with van der Waals surface area (Å²) in [6, 6.07) is 5.72. The van der Waals surface area contributed by atoms with Crippen LogP contribution in [-0.2, 0) is 4.79 Å². The number of fused-ring (bicyclic) bond motifs is 1. The second kappa shape index (κ2) is 4.85. The molecule has 0 saturated carbocycles. The smallest absolute Gasteiger partial charge is 0.248 e. The summed E-state index contributed by atoms with van der Waals surface area (Å²) in [6.07, 6.45) is 0.607. The second-order valence-corrected chi connectivity index (χ2v) is 4.30. The van der Waals surface area contributed by atoms with Gasteiger partial charge in [-0.25, -0.2) is 0 Å². The van der Waals surface area contributed by atoms with Gasteiger partial charge in [-0.2, -0.15) is 0 Å². The van der Waals surface area contributed by atoms with Crippen LogP contribution in [0.2, 0.25) is 0 Å². The summed E-state index contributed by atoms with van der Waals surface area (Å²) in [5.41, 5.74) is 3.15. The molecule has 92 valence electrons. The first-order valence-electron chi connectivity index (χ1n) is 5.89. The van der Waals surface area contributed by atoms with Crippen molar-refractivity contribution in [1.29, 1.82) is 0 Å². The molecule has 0 bridgehead atoms. The fourth-order valence-corrected chi connectivity index (χ4v) is 2.41. The lowest BCUT2D eigenvalue weighted by Gasteiger charge is -2.18. The van der Waals surface area contributed by atoms with Crippen LogP contribution in [0, 0.1) is 6.92 Å². The number of anilines is 1. The summed E-state index contributed by atoms with van der Waals surface area (Å²) < 4.78 is 0. The van der Waals surface area contributed by atoms with Crippen LogP contribution in [0.5, 0.6) is 0 Å². The summed E-state index contributed by atoms with van der Waals surface area (Å²) in [5, 5.41) is 11.9. The van der Waals surface area contributed by atoms with Crippen molar-refractivity contribution < 1.29 is 9.90 Å². The van der Waals surface area contributed by atoms with Crippen LogP contribution >= 0.6 is 0 Å². The molecule has 2 rings (SSSR count). The minimum atomic E-state index is -0.247. The molecular formula is C13H18N2O2. The third-order valence-electron chi connectivity index (χ3n) is 3.19. The lowest BCUT2D eigenvalue weighted by atomic mass is 10.1. The van der Waals surface area contributed by atoms with Crippen LogP contribution in [-0.4, -0.2) is 31.2 Å². The number of hydrogen-bond donors (Lipinski definition) is 2. The lowest BCUT2D eigenvalue weighted by Crippen LogP contribution is -2.34. The Hall–Kier alpha value is -1.39. The monoisotopic (exact) mass is 234 g/mol. The first kappa shape index (κ1) is 12.1. The highest BCUT2D eigenvalue weighted by Gasteiger charge is 2.36. The van der Waals surface area contributed by atoms with Crippen molar-refractivity contribution in [3.05, 3.63) is 29.3 Å². The number of nitrogens with zero attached hydrogens (tertiary/aromatic N) is 1. The fraction of sp³-hybridized carbons (Fsp3) is 0.462. The second-order valence-electron chi connectivity index (χ2n) is 4.30. The molecule has 4 heteroatoms. The van der Waals surface area contributed by atoms with Crippen molar-refractivity contribution >= 4 is 11.6 Å². The van der Waals surface area contributed by atoms with Crippen molar-refractivity contribution in [2.75, 3.05) is 25.1 Å². The van der Waals surface area contributed by atoms with Gasteiger partial charge < -0.3 is 15.3 Å². The molecule has 0 fully saturated rings. The Balaban J connectivity index is 2.41. The summed E-state index contributed by atoms with van der Waals surface area (Å²) in [5.74, 6) is 0.0743. The Morgan fingerprint density at radius 2 is 2.24 bits per heavy atom. The Morgan fingerprint density at radius 1 is 1.47 bits per heavy atom. The molecule has 1 aromatic carbocycles. The number of carbonyl (C=O) groups is 1. The van der Waals surface area contributed by atoms with E-state index < -0.39 is 0 Å². The molecule has 1 aromatic rings. The predicted molar refractivity (Wildman–Crippen MR) is 67.0 cm³/mol. The van der Waals surface area contributed by atoms with Crippen LogP contribution in [0.15, 0.2) is 18.2 Å². The van der Waals surface area contributed by atoms with Gasteiger partial charge in [-0.05, 0) is 26.0 Å². The number of amides is 1. The normalized spacial score (nSPS) is 18.6. The largest absolute Gasteiger partial charge is 0.396 e. The number of benzene rings is 1. The number of aliphatic hydroxyl groups is 1. The molecule has 2 N–H and O–H groups in total. The minimum absolute atomic E-state index is 0.0743. The Bertz CT molecular complexity index is 431. The van der Waals surface area contributed by atoms with Gasteiger partial charge in [0.2, 0.25) is 5.91 Å². The maximum absolute atomic E-state index is 12.2. The SMILES string of the molecule is CNC1C(=O)N(CCCO)c2c(C)cccc21. The first-order chi connectivity index (χ1) is 8.20. The third-order valence-corrected chi connectivity index (χ3v) is 3.19. The maximum Gasteiger partial charge on any atom is 0.248 e. The Labute approximate surface area is 101 Å². The number of likely N-dealkylation sites (N-methyl/N-ethyl adjacent to an activating group) is 1. The zero-order chi connectivity index (χ0) is 12.4. The van der Waals surface area contributed by atoms with Crippen molar-refractivity contribution in [2.24, 2.45) is 0 Å². The highest BCUT2D eigenvalue weighted by atomic mass is 16.3. The Kier molecular flexibility index (Phi) is 3.45. The van der Waals surface area contributed by atoms with E-state index in [-0.39, 0.29) is 18.6 Å². The highest BCUT2D eigenvalue weighted by Crippen LogP contribution is 2.37. The number of aryl methyl sites for hydroxylation is 1. The highest BCUT2D eigenvalue weighted by molar-refractivity contribution is 6.05. The van der Waals surface area contributed by atoms with E-state index in [2.05, 4.69) is 5.32 Å². The van der Waals surface area contributed by atoms with E-state index in [1.54, 1.807) is 11.9 Å². The molecule has 1 amide bonds. The summed E-state index contributed by atoms with van der Waals surface area (Å²) >= 11 is 0. The van der Waals surface area contributed by atoms with Gasteiger partial charge in [0.15, 0.2) is 0 Å². The quantitative estimate of drug-likeness (QED) is 0.816. The molecule has 0 spiro atoms. The van der Waals surface area contributed by atoms with E-state index in [0.29, 0.717) is 13.0 Å². The summed E-state index contributed by atoms with van der Waals surface area (Å²) in [7, 11) is 1.80. The molecular weight excluding hydrogens is 216 g/mol. The van der Waals surface area contributed by atoms with E-state index in [4.69, 9.17) is 5.11 Å². The van der Waals surface area contributed by atoms with Crippen molar-refractivity contribution in [3.8, 4) is 0 Å². The molecule has 0 radical (unpaired) electrons. The molecule has 1 aliphatic heterocycles. The van der Waals surface area contributed by atoms with Gasteiger partial charge in [0.05, 0.1) is 5.69 Å². The topological polar surface area (TPSA) is 52.6 Å². The van der Waals surface area contributed by atoms with E-state index >= 15 is 0 Å². The van der Waals surface area contributed by atoms with Crippen LogP contribution < -0.4 is 10.2 Å². The molecule has 1 unspecified atom stereocenters. The van der Waals surface area contributed by atoms with Gasteiger partial charge in [-0.1, -0.05) is 18.2 Å². The van der Waals surface area contributed by atoms with Gasteiger partial charge in [0, 0.05) is 18.7 Å². The molecule has 1 heterocycles. The van der Waals surface area contributed by atoms with E-state index in [0.717, 1.165) is 16.8 Å². The lowest BCUT2D eigenvalue weighted by molar-refractivity contribution is -0.119. The molecule has 0 saturated heterocycles. The van der Waals surface area contributed by atoms with Crippen molar-refractivity contribution in [1.82, 2.24) is 5.32 Å². The average molecular weight is 234 g/mol. The predicted octanol–water partition coefficient (Wildman–Crippen LogP) is 0.985. The van der Waals surface area contributed by atoms with E-state index in [9.17, 15) is 4.79 Å². The van der Waals surface area contributed by atoms with Crippen molar-refractivity contribution in [3.63, 3.8) is 0 Å². The van der Waals surface area contributed by atoms with E-state index in [1.165, 1.54) is 0 Å². The van der Waals surface area contributed by atoms with Crippen LogP contribution in [0.25, 0.3) is 0 Å². The van der Waals surface area contributed by atoms with Crippen LogP contribution in [0.3, 0.4) is 0 Å². The number of nitrogens with one attached hydrogen (secondary N) is 1. The number of hydrogen-bond acceptors (Lipinski definition) is 3. The first-order valence-corrected chi connectivity index (χ1v) is 5.89. The van der Waals surface area contributed by atoms with Gasteiger partial charge >= 0.3 is 0 Å². The molecule has 0 aliphatic carbocycles. The van der Waals surface area contributed by atoms with Gasteiger partial charge in [0.25, 0.3) is 0 Å². The zero-order valence-corrected chi connectivity index (χ0v) is 10.2. The third kappa shape index (κ3) is 1.94. The van der Waals surface area contributed by atoms with Crippen molar-refractivity contribution in [2.45, 2.75) is 19.4 Å². The van der Waals surface area contributed by atoms with Crippen LogP contribution in [0.1, 0.15) is 23.6 Å². The minimum Gasteiger partial charge on any atom is -0.396 e. The summed E-state index contributed by atoms with van der Waals surface area (Å²) in [4.78, 5) is 14.0. The van der Waals surface area contributed by atoms with Gasteiger partial charge in [-0.15, -0.1) is 0 Å². The average Bonchev–Trinajstić information content (AvgIpc) is 2.60. The number of carbonyl (C=O) groups excluding carboxylic acids is 1. The number of aliphatic hydroxyl groups excluding tert-OH is 1. The van der Waals surface area contributed by atoms with Gasteiger partial charge in [0.1, 0.15) is 6.04 Å². The molecule has 17 heavy (non-hydrogen) atoms. The van der Waals surface area contributed by atoms with Gasteiger partial charge in [-0.3, -0.25) is 4.79 Å². The standard InChI is InChI=1S/C13H18N2O2/c1-9-5-3-6-10-11(14-2)13(17)15(12(9)10)7-4-8-16/h3,5-6,11,14,16H,4,7-8H2,1-2H3. The molecule has 1 aliphatic rings. The number of rotatable bonds is 4. The Morgan fingerprint density at radius 3 is 2.88 bits per heavy atom. The summed E-state index contributed by atoms with van der Waals surface area (Å²) in [6.45, 7) is 2.69. The molecule has 1 atom stereocenters.